The summed E-state index contributed by atoms with van der Waals surface area (Å²) in [7, 11) is 0. The topological polar surface area (TPSA) is 0 Å². The normalized spacial score (nSPS) is 12.8. The predicted octanol–water partition coefficient (Wildman–Crippen LogP) is 8.02. The van der Waals surface area contributed by atoms with Gasteiger partial charge in [0.25, 0.3) is 0 Å². The van der Waals surface area contributed by atoms with Crippen LogP contribution in [-0.2, 0) is 26.2 Å². The number of allylic oxidation sites excluding steroid dienone is 1. The third kappa shape index (κ3) is 5.13. The van der Waals surface area contributed by atoms with Gasteiger partial charge in [0.05, 0.1) is 0 Å². The SMILES string of the molecule is C=CCC1c2[c-]cccc2-c2ccccc21.Cc1c(C)c(C)[c-](C)c1C.[CH3-].[CH3-].[Zr+4]. The molecule has 1 aliphatic carbocycles. The van der Waals surface area contributed by atoms with Gasteiger partial charge in [-0.25, -0.2) is 0 Å². The molecule has 0 heterocycles. The van der Waals surface area contributed by atoms with Gasteiger partial charge < -0.3 is 14.9 Å². The van der Waals surface area contributed by atoms with E-state index in [1.807, 2.05) is 12.1 Å². The van der Waals surface area contributed by atoms with Gasteiger partial charge in [0, 0.05) is 0 Å². The molecular weight excluding hydrogens is 428 g/mol. The molecule has 0 amide bonds. The molecule has 0 aliphatic heterocycles. The summed E-state index contributed by atoms with van der Waals surface area (Å²) < 4.78 is 0. The van der Waals surface area contributed by atoms with E-state index in [0.717, 1.165) is 6.42 Å². The molecule has 150 valence electrons. The van der Waals surface area contributed by atoms with Crippen molar-refractivity contribution in [2.45, 2.75) is 47.0 Å². The van der Waals surface area contributed by atoms with E-state index in [1.54, 1.807) is 0 Å². The molecule has 0 fully saturated rings. The third-order valence-electron chi connectivity index (χ3n) is 6.08. The maximum Gasteiger partial charge on any atom is 4.00 e. The molecular formula is C28H34Zr. The average molecular weight is 462 g/mol. The summed E-state index contributed by atoms with van der Waals surface area (Å²) in [5.41, 5.74) is 12.8. The number of benzene rings is 2. The Morgan fingerprint density at radius 2 is 1.48 bits per heavy atom. The van der Waals surface area contributed by atoms with Crippen molar-refractivity contribution in [1.82, 2.24) is 0 Å². The maximum atomic E-state index is 3.86. The van der Waals surface area contributed by atoms with E-state index in [-0.39, 0.29) is 41.1 Å². The summed E-state index contributed by atoms with van der Waals surface area (Å²) in [4.78, 5) is 0. The third-order valence-corrected chi connectivity index (χ3v) is 6.08. The fourth-order valence-corrected chi connectivity index (χ4v) is 3.99. The van der Waals surface area contributed by atoms with Crippen LogP contribution in [0.15, 0.2) is 55.1 Å². The fraction of sp³-hybridized carbons (Fsp3) is 0.250. The zero-order valence-electron chi connectivity index (χ0n) is 19.1. The average Bonchev–Trinajstić information content (AvgIpc) is 3.07. The molecule has 0 saturated carbocycles. The minimum Gasteiger partial charge on any atom is -0.358 e. The van der Waals surface area contributed by atoms with Crippen LogP contribution in [0.5, 0.6) is 0 Å². The van der Waals surface area contributed by atoms with E-state index in [0.29, 0.717) is 5.92 Å². The second-order valence-electron chi connectivity index (χ2n) is 7.29. The summed E-state index contributed by atoms with van der Waals surface area (Å²) in [6, 6.07) is 18.3. The van der Waals surface area contributed by atoms with Crippen molar-refractivity contribution in [2.75, 3.05) is 0 Å². The molecule has 0 bridgehead atoms. The Hall–Kier alpha value is -1.59. The first-order valence-corrected chi connectivity index (χ1v) is 9.37. The van der Waals surface area contributed by atoms with Crippen LogP contribution in [0.2, 0.25) is 0 Å². The van der Waals surface area contributed by atoms with Gasteiger partial charge in [-0.1, -0.05) is 70.5 Å². The van der Waals surface area contributed by atoms with Crippen LogP contribution in [-0.4, -0.2) is 0 Å². The van der Waals surface area contributed by atoms with Gasteiger partial charge >= 0.3 is 26.2 Å². The first-order chi connectivity index (χ1) is 12.5. The standard InChI is InChI=1S/C16H13.C10H15.2CH3.Zr/c1-2-7-12-13-8-3-5-10-15(13)16-11-6-4-9-14(12)16;1-6-7(2)9(4)10(5)8(6)3;;;/h2-6,8,10-12H,1,7H2;1-5H3;2*1H3;/q4*-1;+4. The Bertz CT molecular complexity index is 817. The largest absolute Gasteiger partial charge is 4.00 e. The zero-order valence-corrected chi connectivity index (χ0v) is 21.6. The number of rotatable bonds is 2. The number of hydrogen-bond donors (Lipinski definition) is 0. The Kier molecular flexibility index (Phi) is 10.9. The van der Waals surface area contributed by atoms with Crippen LogP contribution < -0.4 is 0 Å². The zero-order chi connectivity index (χ0) is 18.8. The first-order valence-electron chi connectivity index (χ1n) is 9.37. The molecule has 1 aliphatic rings. The molecule has 0 nitrogen and oxygen atoms in total. The first kappa shape index (κ1) is 27.4. The van der Waals surface area contributed by atoms with Crippen LogP contribution in [0.1, 0.15) is 51.3 Å². The molecule has 29 heavy (non-hydrogen) atoms. The summed E-state index contributed by atoms with van der Waals surface area (Å²) in [6.45, 7) is 14.9. The van der Waals surface area contributed by atoms with Gasteiger partial charge in [-0.3, -0.25) is 0 Å². The van der Waals surface area contributed by atoms with Crippen LogP contribution in [0, 0.1) is 55.5 Å². The van der Waals surface area contributed by atoms with E-state index in [1.165, 1.54) is 50.1 Å². The van der Waals surface area contributed by atoms with Gasteiger partial charge in [0.2, 0.25) is 0 Å². The van der Waals surface area contributed by atoms with Gasteiger partial charge in [-0.15, -0.1) is 17.7 Å². The summed E-state index contributed by atoms with van der Waals surface area (Å²) >= 11 is 0. The number of fused-ring (bicyclic) bond motifs is 3. The van der Waals surface area contributed by atoms with Crippen LogP contribution >= 0.6 is 0 Å². The molecule has 0 radical (unpaired) electrons. The van der Waals surface area contributed by atoms with Gasteiger partial charge in [0.1, 0.15) is 0 Å². The monoisotopic (exact) mass is 460 g/mol. The van der Waals surface area contributed by atoms with Crippen LogP contribution in [0.25, 0.3) is 11.1 Å². The van der Waals surface area contributed by atoms with Gasteiger partial charge in [0.15, 0.2) is 0 Å². The smallest absolute Gasteiger partial charge is 0.358 e. The van der Waals surface area contributed by atoms with Crippen molar-refractivity contribution in [3.8, 4) is 11.1 Å². The Morgan fingerprint density at radius 1 is 0.931 bits per heavy atom. The molecule has 1 atom stereocenters. The van der Waals surface area contributed by atoms with Crippen molar-refractivity contribution in [2.24, 2.45) is 0 Å². The quantitative estimate of drug-likeness (QED) is 0.268. The second kappa shape index (κ2) is 11.6. The van der Waals surface area contributed by atoms with Gasteiger partial charge in [-0.2, -0.15) is 52.1 Å². The minimum absolute atomic E-state index is 0. The number of hydrogen-bond acceptors (Lipinski definition) is 0. The van der Waals surface area contributed by atoms with E-state index in [9.17, 15) is 0 Å². The van der Waals surface area contributed by atoms with Crippen molar-refractivity contribution >= 4 is 0 Å². The Balaban J connectivity index is 0.000000535. The molecule has 3 aromatic carbocycles. The fourth-order valence-electron chi connectivity index (χ4n) is 3.99. The van der Waals surface area contributed by atoms with Crippen molar-refractivity contribution in [3.63, 3.8) is 0 Å². The Labute approximate surface area is 198 Å². The molecule has 3 aromatic rings. The molecule has 0 aromatic heterocycles. The molecule has 4 rings (SSSR count). The van der Waals surface area contributed by atoms with E-state index in [2.05, 4.69) is 83.7 Å². The predicted molar refractivity (Wildman–Crippen MR) is 126 cm³/mol. The molecule has 0 saturated heterocycles. The van der Waals surface area contributed by atoms with E-state index in [4.69, 9.17) is 0 Å². The minimum atomic E-state index is 0. The van der Waals surface area contributed by atoms with Crippen molar-refractivity contribution in [1.29, 1.82) is 0 Å². The van der Waals surface area contributed by atoms with Crippen LogP contribution in [0.3, 0.4) is 0 Å². The van der Waals surface area contributed by atoms with Crippen molar-refractivity contribution in [3.05, 3.63) is 115 Å². The molecule has 0 spiro atoms. The summed E-state index contributed by atoms with van der Waals surface area (Å²) in [6.07, 6.45) is 2.99. The Morgan fingerprint density at radius 3 is 2.00 bits per heavy atom. The second-order valence-corrected chi connectivity index (χ2v) is 7.29. The van der Waals surface area contributed by atoms with E-state index >= 15 is 0 Å². The maximum absolute atomic E-state index is 3.86. The van der Waals surface area contributed by atoms with Gasteiger partial charge in [-0.05, 0) is 17.9 Å². The summed E-state index contributed by atoms with van der Waals surface area (Å²) in [5.74, 6) is 0.449. The molecule has 1 unspecified atom stereocenters. The van der Waals surface area contributed by atoms with Crippen LogP contribution in [0.4, 0.5) is 0 Å². The summed E-state index contributed by atoms with van der Waals surface area (Å²) in [5, 5.41) is 0. The molecule has 1 heteroatoms. The molecule has 0 N–H and O–H groups in total. The van der Waals surface area contributed by atoms with E-state index < -0.39 is 0 Å². The van der Waals surface area contributed by atoms with Crippen molar-refractivity contribution < 1.29 is 26.2 Å².